The van der Waals surface area contributed by atoms with Crippen LogP contribution in [-0.2, 0) is 25.8 Å². The second-order valence-electron chi connectivity index (χ2n) is 5.88. The van der Waals surface area contributed by atoms with E-state index in [4.69, 9.17) is 11.6 Å². The summed E-state index contributed by atoms with van der Waals surface area (Å²) in [5, 5.41) is -0.345. The summed E-state index contributed by atoms with van der Waals surface area (Å²) in [6, 6.07) is 7.29. The molecular weight excluding hydrogens is 453 g/mol. The number of halogens is 4. The average molecular weight is 463 g/mol. The smallest absolute Gasteiger partial charge is 0.328 e. The number of carbonyl (C=O) groups excluding carboxylic acids is 3. The quantitative estimate of drug-likeness (QED) is 0.683. The van der Waals surface area contributed by atoms with Gasteiger partial charge in [-0.2, -0.15) is 17.9 Å². The largest absolute Gasteiger partial charge is 0.416 e. The Morgan fingerprint density at radius 3 is 2.17 bits per heavy atom. The highest BCUT2D eigenvalue weighted by Gasteiger charge is 2.39. The van der Waals surface area contributed by atoms with Crippen LogP contribution in [0.2, 0.25) is 5.02 Å². The first-order valence-corrected chi connectivity index (χ1v) is 9.83. The molecule has 0 radical (unpaired) electrons. The van der Waals surface area contributed by atoms with Crippen molar-refractivity contribution < 1.29 is 40.8 Å². The van der Waals surface area contributed by atoms with Gasteiger partial charge in [-0.3, -0.25) is 9.59 Å². The van der Waals surface area contributed by atoms with Gasteiger partial charge in [-0.1, -0.05) is 28.8 Å². The molecule has 1 aliphatic rings. The Kier molecular flexibility index (Phi) is 5.58. The fourth-order valence-electron chi connectivity index (χ4n) is 2.50. The zero-order chi connectivity index (χ0) is 22.3. The van der Waals surface area contributed by atoms with Crippen LogP contribution in [0.5, 0.6) is 0 Å². The molecule has 8 nitrogen and oxygen atoms in total. The van der Waals surface area contributed by atoms with Gasteiger partial charge in [0.15, 0.2) is 0 Å². The van der Waals surface area contributed by atoms with Gasteiger partial charge in [-0.25, -0.2) is 13.2 Å². The number of nitrogens with one attached hydrogen (secondary N) is 1. The molecule has 0 atom stereocenters. The van der Waals surface area contributed by atoms with Gasteiger partial charge >= 0.3 is 12.1 Å². The van der Waals surface area contributed by atoms with Gasteiger partial charge in [0.1, 0.15) is 11.4 Å². The maximum Gasteiger partial charge on any atom is 0.416 e. The lowest BCUT2D eigenvalue weighted by atomic mass is 10.1. The monoisotopic (exact) mass is 462 g/mol. The van der Waals surface area contributed by atoms with E-state index in [1.54, 1.807) is 4.72 Å². The van der Waals surface area contributed by atoms with Gasteiger partial charge in [0.2, 0.25) is 10.0 Å². The standard InChI is InChI=1S/C17H10ClF3N2O6S/c18-12-6-5-9(17(19,20)21)7-13(12)30(27,28)22-8-14(24)29-23-15(25)10-3-1-2-4-11(10)16(23)26/h1-7,22H,8H2. The Morgan fingerprint density at radius 1 is 1.07 bits per heavy atom. The molecule has 2 aromatic rings. The zero-order valence-electron chi connectivity index (χ0n) is 14.6. The SMILES string of the molecule is O=C(CNS(=O)(=O)c1cc(C(F)(F)F)ccc1Cl)ON1C(=O)c2ccccc2C1=O. The van der Waals surface area contributed by atoms with E-state index in [1.807, 2.05) is 0 Å². The molecular formula is C17H10ClF3N2O6S. The first-order chi connectivity index (χ1) is 13.9. The number of hydrogen-bond donors (Lipinski definition) is 1. The van der Waals surface area contributed by atoms with Crippen molar-refractivity contribution in [3.63, 3.8) is 0 Å². The van der Waals surface area contributed by atoms with Gasteiger partial charge < -0.3 is 4.84 Å². The van der Waals surface area contributed by atoms with Crippen LogP contribution in [0, 0.1) is 0 Å². The Labute approximate surface area is 172 Å². The van der Waals surface area contributed by atoms with Gasteiger partial charge in [0.25, 0.3) is 11.8 Å². The number of nitrogens with zero attached hydrogens (tertiary/aromatic N) is 1. The van der Waals surface area contributed by atoms with Crippen molar-refractivity contribution in [2.75, 3.05) is 6.54 Å². The summed E-state index contributed by atoms with van der Waals surface area (Å²) in [4.78, 5) is 39.8. The molecule has 1 aliphatic heterocycles. The van der Waals surface area contributed by atoms with Crippen LogP contribution >= 0.6 is 11.6 Å². The van der Waals surface area contributed by atoms with E-state index in [0.717, 1.165) is 6.07 Å². The Bertz CT molecular complexity index is 1130. The maximum atomic E-state index is 12.8. The minimum atomic E-state index is -4.82. The summed E-state index contributed by atoms with van der Waals surface area (Å²) in [7, 11) is -4.65. The van der Waals surface area contributed by atoms with E-state index in [1.165, 1.54) is 24.3 Å². The molecule has 0 aromatic heterocycles. The number of hydroxylamine groups is 2. The number of hydrogen-bond acceptors (Lipinski definition) is 6. The number of amides is 2. The molecule has 158 valence electrons. The second-order valence-corrected chi connectivity index (χ2v) is 8.02. The highest BCUT2D eigenvalue weighted by Crippen LogP contribution is 2.33. The van der Waals surface area contributed by atoms with Crippen molar-refractivity contribution in [1.82, 2.24) is 9.79 Å². The molecule has 0 bridgehead atoms. The number of carbonyl (C=O) groups is 3. The lowest BCUT2D eigenvalue weighted by molar-refractivity contribution is -0.166. The molecule has 3 rings (SSSR count). The fourth-order valence-corrected chi connectivity index (χ4v) is 3.99. The van der Waals surface area contributed by atoms with E-state index in [9.17, 15) is 36.0 Å². The van der Waals surface area contributed by atoms with Crippen molar-refractivity contribution in [2.24, 2.45) is 0 Å². The molecule has 1 N–H and O–H groups in total. The molecule has 13 heteroatoms. The Balaban J connectivity index is 1.71. The predicted molar refractivity (Wildman–Crippen MR) is 94.7 cm³/mol. The van der Waals surface area contributed by atoms with Crippen LogP contribution in [0.25, 0.3) is 0 Å². The van der Waals surface area contributed by atoms with E-state index >= 15 is 0 Å². The summed E-state index contributed by atoms with van der Waals surface area (Å²) >= 11 is 5.67. The summed E-state index contributed by atoms with van der Waals surface area (Å²) in [5.41, 5.74) is -1.28. The third kappa shape index (κ3) is 4.15. The minimum Gasteiger partial charge on any atom is -0.328 e. The van der Waals surface area contributed by atoms with Gasteiger partial charge in [0, 0.05) is 0 Å². The van der Waals surface area contributed by atoms with Crippen molar-refractivity contribution in [3.05, 3.63) is 64.2 Å². The van der Waals surface area contributed by atoms with E-state index in [0.29, 0.717) is 12.1 Å². The number of rotatable bonds is 5. The summed E-state index contributed by atoms with van der Waals surface area (Å²) in [6.07, 6.45) is -4.82. The number of benzene rings is 2. The van der Waals surface area contributed by atoms with E-state index < -0.39 is 56.0 Å². The van der Waals surface area contributed by atoms with Crippen molar-refractivity contribution >= 4 is 39.4 Å². The van der Waals surface area contributed by atoms with Crippen molar-refractivity contribution in [3.8, 4) is 0 Å². The maximum absolute atomic E-state index is 12.8. The summed E-state index contributed by atoms with van der Waals surface area (Å²) in [5.74, 6) is -3.20. The molecule has 2 aromatic carbocycles. The molecule has 0 aliphatic carbocycles. The third-order valence-electron chi connectivity index (χ3n) is 3.90. The number of sulfonamides is 1. The highest BCUT2D eigenvalue weighted by atomic mass is 35.5. The van der Waals surface area contributed by atoms with E-state index in [-0.39, 0.29) is 16.2 Å². The van der Waals surface area contributed by atoms with Crippen LogP contribution in [0.4, 0.5) is 13.2 Å². The normalized spacial score (nSPS) is 14.1. The topological polar surface area (TPSA) is 110 Å². The van der Waals surface area contributed by atoms with Crippen molar-refractivity contribution in [1.29, 1.82) is 0 Å². The molecule has 2 amide bonds. The van der Waals surface area contributed by atoms with Crippen LogP contribution < -0.4 is 4.72 Å². The first kappa shape index (κ1) is 21.7. The molecule has 30 heavy (non-hydrogen) atoms. The van der Waals surface area contributed by atoms with Gasteiger partial charge in [0.05, 0.1) is 21.7 Å². The number of alkyl halides is 3. The third-order valence-corrected chi connectivity index (χ3v) is 5.79. The Hall–Kier alpha value is -2.96. The zero-order valence-corrected chi connectivity index (χ0v) is 16.1. The number of fused-ring (bicyclic) bond motifs is 1. The first-order valence-electron chi connectivity index (χ1n) is 7.97. The molecule has 0 unspecified atom stereocenters. The predicted octanol–water partition coefficient (Wildman–Crippen LogP) is 2.39. The van der Waals surface area contributed by atoms with Gasteiger partial charge in [-0.15, -0.1) is 0 Å². The van der Waals surface area contributed by atoms with Crippen LogP contribution in [0.1, 0.15) is 26.3 Å². The second kappa shape index (κ2) is 7.70. The lowest BCUT2D eigenvalue weighted by Gasteiger charge is -2.14. The number of imide groups is 1. The van der Waals surface area contributed by atoms with Crippen LogP contribution in [-0.4, -0.2) is 37.8 Å². The van der Waals surface area contributed by atoms with Crippen LogP contribution in [0.15, 0.2) is 47.4 Å². The lowest BCUT2D eigenvalue weighted by Crippen LogP contribution is -2.38. The minimum absolute atomic E-state index is 0.00775. The fraction of sp³-hybridized carbons (Fsp3) is 0.118. The summed E-state index contributed by atoms with van der Waals surface area (Å²) < 4.78 is 64.7. The molecule has 0 saturated carbocycles. The van der Waals surface area contributed by atoms with Crippen molar-refractivity contribution in [2.45, 2.75) is 11.1 Å². The van der Waals surface area contributed by atoms with Crippen LogP contribution in [0.3, 0.4) is 0 Å². The average Bonchev–Trinajstić information content (AvgIpc) is 2.91. The molecule has 1 heterocycles. The Morgan fingerprint density at radius 2 is 1.63 bits per heavy atom. The van der Waals surface area contributed by atoms with Gasteiger partial charge in [-0.05, 0) is 30.3 Å². The summed E-state index contributed by atoms with van der Waals surface area (Å²) in [6.45, 7) is -1.08. The van der Waals surface area contributed by atoms with E-state index in [2.05, 4.69) is 4.84 Å². The highest BCUT2D eigenvalue weighted by molar-refractivity contribution is 7.89. The molecule has 0 fully saturated rings. The molecule has 0 spiro atoms. The molecule has 0 saturated heterocycles.